The zero-order valence-corrected chi connectivity index (χ0v) is 12.8. The standard InChI is InChI=1S/C17H23N3O2/c21-16(20-11-8-13-4-1-2-5-15(13)20)6-3-9-19-17(22)14-7-10-18-12-14/h1-2,4-5,14,18H,3,6-12H2,(H,19,22). The number of nitrogens with zero attached hydrogens (tertiary/aromatic N) is 1. The Hall–Kier alpha value is -1.88. The molecule has 2 heterocycles. The van der Waals surface area contributed by atoms with Crippen LogP contribution in [-0.2, 0) is 16.0 Å². The zero-order chi connectivity index (χ0) is 15.4. The van der Waals surface area contributed by atoms with E-state index in [0.717, 1.165) is 38.2 Å². The first-order chi connectivity index (χ1) is 10.8. The lowest BCUT2D eigenvalue weighted by molar-refractivity contribution is -0.124. The maximum Gasteiger partial charge on any atom is 0.227 e. The number of hydrogen-bond acceptors (Lipinski definition) is 3. The molecule has 2 aliphatic rings. The van der Waals surface area contributed by atoms with Gasteiger partial charge in [0.15, 0.2) is 0 Å². The molecule has 1 fully saturated rings. The van der Waals surface area contributed by atoms with E-state index in [-0.39, 0.29) is 17.7 Å². The third kappa shape index (κ3) is 3.30. The topological polar surface area (TPSA) is 61.4 Å². The van der Waals surface area contributed by atoms with Crippen molar-refractivity contribution in [3.05, 3.63) is 29.8 Å². The molecule has 1 atom stereocenters. The molecule has 0 radical (unpaired) electrons. The van der Waals surface area contributed by atoms with Gasteiger partial charge < -0.3 is 15.5 Å². The van der Waals surface area contributed by atoms with E-state index in [4.69, 9.17) is 0 Å². The summed E-state index contributed by atoms with van der Waals surface area (Å²) in [5, 5.41) is 6.13. The first kappa shape index (κ1) is 15.0. The van der Waals surface area contributed by atoms with Crippen molar-refractivity contribution < 1.29 is 9.59 Å². The molecule has 1 saturated heterocycles. The fourth-order valence-corrected chi connectivity index (χ4v) is 3.21. The minimum Gasteiger partial charge on any atom is -0.356 e. The van der Waals surface area contributed by atoms with E-state index < -0.39 is 0 Å². The summed E-state index contributed by atoms with van der Waals surface area (Å²) in [5.41, 5.74) is 2.30. The quantitative estimate of drug-likeness (QED) is 0.800. The number of nitrogens with one attached hydrogen (secondary N) is 2. The van der Waals surface area contributed by atoms with E-state index >= 15 is 0 Å². The van der Waals surface area contributed by atoms with Crippen LogP contribution in [0.2, 0.25) is 0 Å². The van der Waals surface area contributed by atoms with E-state index in [1.165, 1.54) is 5.56 Å². The van der Waals surface area contributed by atoms with Crippen LogP contribution >= 0.6 is 0 Å². The molecule has 0 bridgehead atoms. The van der Waals surface area contributed by atoms with Crippen molar-refractivity contribution >= 4 is 17.5 Å². The highest BCUT2D eigenvalue weighted by Gasteiger charge is 2.24. The Labute approximate surface area is 131 Å². The Morgan fingerprint density at radius 1 is 1.32 bits per heavy atom. The number of para-hydroxylation sites is 1. The molecule has 3 rings (SSSR count). The molecule has 2 N–H and O–H groups in total. The summed E-state index contributed by atoms with van der Waals surface area (Å²) in [6.07, 6.45) is 3.03. The summed E-state index contributed by atoms with van der Waals surface area (Å²) in [6, 6.07) is 8.08. The minimum atomic E-state index is 0.0983. The molecule has 2 amide bonds. The Balaban J connectivity index is 1.41. The monoisotopic (exact) mass is 301 g/mol. The number of anilines is 1. The van der Waals surface area contributed by atoms with Gasteiger partial charge in [-0.3, -0.25) is 9.59 Å². The second kappa shape index (κ2) is 6.92. The van der Waals surface area contributed by atoms with Gasteiger partial charge in [-0.05, 0) is 37.4 Å². The van der Waals surface area contributed by atoms with Crippen LogP contribution in [0.4, 0.5) is 5.69 Å². The third-order valence-corrected chi connectivity index (χ3v) is 4.49. The van der Waals surface area contributed by atoms with Crippen molar-refractivity contribution in [2.24, 2.45) is 5.92 Å². The molecule has 5 heteroatoms. The van der Waals surface area contributed by atoms with Crippen LogP contribution < -0.4 is 15.5 Å². The van der Waals surface area contributed by atoms with Crippen molar-refractivity contribution in [3.8, 4) is 0 Å². The van der Waals surface area contributed by atoms with E-state index in [1.807, 2.05) is 23.1 Å². The molecule has 0 saturated carbocycles. The van der Waals surface area contributed by atoms with E-state index in [2.05, 4.69) is 16.7 Å². The Morgan fingerprint density at radius 3 is 3.00 bits per heavy atom. The van der Waals surface area contributed by atoms with Crippen molar-refractivity contribution in [1.82, 2.24) is 10.6 Å². The highest BCUT2D eigenvalue weighted by Crippen LogP contribution is 2.27. The Bertz CT molecular complexity index is 553. The zero-order valence-electron chi connectivity index (χ0n) is 12.8. The number of fused-ring (bicyclic) bond motifs is 1. The average molecular weight is 301 g/mol. The van der Waals surface area contributed by atoms with Gasteiger partial charge >= 0.3 is 0 Å². The van der Waals surface area contributed by atoms with E-state index in [1.54, 1.807) is 0 Å². The lowest BCUT2D eigenvalue weighted by atomic mass is 10.1. The van der Waals surface area contributed by atoms with Crippen LogP contribution in [0.15, 0.2) is 24.3 Å². The second-order valence-electron chi connectivity index (χ2n) is 6.01. The summed E-state index contributed by atoms with van der Waals surface area (Å²) in [4.78, 5) is 26.0. The number of carbonyl (C=O) groups is 2. The molecule has 0 aromatic heterocycles. The van der Waals surface area contributed by atoms with Crippen molar-refractivity contribution in [2.45, 2.75) is 25.7 Å². The normalized spacial score (nSPS) is 20.0. The Morgan fingerprint density at radius 2 is 2.18 bits per heavy atom. The number of hydrogen-bond donors (Lipinski definition) is 2. The fourth-order valence-electron chi connectivity index (χ4n) is 3.21. The summed E-state index contributed by atoms with van der Waals surface area (Å²) < 4.78 is 0. The minimum absolute atomic E-state index is 0.0983. The fraction of sp³-hybridized carbons (Fsp3) is 0.529. The van der Waals surface area contributed by atoms with E-state index in [0.29, 0.717) is 19.4 Å². The molecule has 0 aliphatic carbocycles. The number of benzene rings is 1. The van der Waals surface area contributed by atoms with Crippen LogP contribution in [0.25, 0.3) is 0 Å². The lowest BCUT2D eigenvalue weighted by Gasteiger charge is -2.17. The van der Waals surface area contributed by atoms with E-state index in [9.17, 15) is 9.59 Å². The van der Waals surface area contributed by atoms with Crippen LogP contribution in [0.5, 0.6) is 0 Å². The second-order valence-corrected chi connectivity index (χ2v) is 6.01. The van der Waals surface area contributed by atoms with Gasteiger partial charge in [0.1, 0.15) is 0 Å². The van der Waals surface area contributed by atoms with Crippen LogP contribution in [0, 0.1) is 5.92 Å². The van der Waals surface area contributed by atoms with Crippen LogP contribution in [-0.4, -0.2) is 38.0 Å². The number of carbonyl (C=O) groups excluding carboxylic acids is 2. The summed E-state index contributed by atoms with van der Waals surface area (Å²) >= 11 is 0. The molecule has 1 aromatic carbocycles. The molecule has 22 heavy (non-hydrogen) atoms. The average Bonchev–Trinajstić information content (AvgIpc) is 3.20. The molecular weight excluding hydrogens is 278 g/mol. The van der Waals surface area contributed by atoms with Gasteiger partial charge in [-0.1, -0.05) is 18.2 Å². The molecule has 118 valence electrons. The molecular formula is C17H23N3O2. The van der Waals surface area contributed by atoms with Crippen molar-refractivity contribution in [3.63, 3.8) is 0 Å². The van der Waals surface area contributed by atoms with Gasteiger partial charge in [0.05, 0.1) is 5.92 Å². The first-order valence-corrected chi connectivity index (χ1v) is 8.12. The van der Waals surface area contributed by atoms with Gasteiger partial charge in [-0.15, -0.1) is 0 Å². The van der Waals surface area contributed by atoms with Crippen molar-refractivity contribution in [1.29, 1.82) is 0 Å². The maximum absolute atomic E-state index is 12.3. The van der Waals surface area contributed by atoms with Gasteiger partial charge in [0, 0.05) is 31.7 Å². The smallest absolute Gasteiger partial charge is 0.227 e. The predicted molar refractivity (Wildman–Crippen MR) is 85.7 cm³/mol. The molecule has 2 aliphatic heterocycles. The van der Waals surface area contributed by atoms with Gasteiger partial charge in [0.2, 0.25) is 11.8 Å². The molecule has 1 unspecified atom stereocenters. The number of amides is 2. The third-order valence-electron chi connectivity index (χ3n) is 4.49. The van der Waals surface area contributed by atoms with Gasteiger partial charge in [-0.25, -0.2) is 0 Å². The molecule has 5 nitrogen and oxygen atoms in total. The van der Waals surface area contributed by atoms with Gasteiger partial charge in [-0.2, -0.15) is 0 Å². The van der Waals surface area contributed by atoms with Gasteiger partial charge in [0.25, 0.3) is 0 Å². The Kier molecular flexibility index (Phi) is 4.73. The molecule has 1 aromatic rings. The lowest BCUT2D eigenvalue weighted by Crippen LogP contribution is -2.34. The largest absolute Gasteiger partial charge is 0.356 e. The summed E-state index contributed by atoms with van der Waals surface area (Å²) in [7, 11) is 0. The van der Waals surface area contributed by atoms with Crippen LogP contribution in [0.3, 0.4) is 0 Å². The van der Waals surface area contributed by atoms with Crippen LogP contribution in [0.1, 0.15) is 24.8 Å². The SMILES string of the molecule is O=C(NCCCC(=O)N1CCc2ccccc21)C1CCNC1. The first-order valence-electron chi connectivity index (χ1n) is 8.12. The van der Waals surface area contributed by atoms with Crippen molar-refractivity contribution in [2.75, 3.05) is 31.1 Å². The molecule has 0 spiro atoms. The summed E-state index contributed by atoms with van der Waals surface area (Å²) in [6.45, 7) is 3.05. The summed E-state index contributed by atoms with van der Waals surface area (Å²) in [5.74, 6) is 0.367. The maximum atomic E-state index is 12.3. The highest BCUT2D eigenvalue weighted by atomic mass is 16.2. The predicted octanol–water partition coefficient (Wildman–Crippen LogP) is 1.08. The number of rotatable bonds is 5. The highest BCUT2D eigenvalue weighted by molar-refractivity contribution is 5.95.